The largest absolute Gasteiger partial charge is 0.480 e. The normalized spacial score (nSPS) is 12.8. The lowest BCUT2D eigenvalue weighted by atomic mass is 9.76. The third-order valence-corrected chi connectivity index (χ3v) is 6.61. The highest BCUT2D eigenvalue weighted by Gasteiger charge is 2.28. The SMILES string of the molecule is CCC(Oc1ccc(C(C)(C)CC)cc1C(C)(C)CC)C(=O)Nc1ccc(C([NH])=O)cc1. The molecule has 0 heterocycles. The first kappa shape index (κ1) is 25.4. The number of carbonyl (C=O) groups excluding carboxylic acids is 2. The molecular weight excluding hydrogens is 400 g/mol. The van der Waals surface area contributed by atoms with Crippen molar-refractivity contribution in [3.05, 3.63) is 59.2 Å². The molecule has 0 aliphatic rings. The van der Waals surface area contributed by atoms with Gasteiger partial charge in [-0.3, -0.25) is 15.3 Å². The van der Waals surface area contributed by atoms with Gasteiger partial charge in [-0.15, -0.1) is 0 Å². The van der Waals surface area contributed by atoms with E-state index in [4.69, 9.17) is 10.5 Å². The Morgan fingerprint density at radius 3 is 2.03 bits per heavy atom. The van der Waals surface area contributed by atoms with Crippen LogP contribution in [0.2, 0.25) is 0 Å². The zero-order valence-corrected chi connectivity index (χ0v) is 20.5. The highest BCUT2D eigenvalue weighted by Crippen LogP contribution is 2.39. The Balaban J connectivity index is 2.31. The van der Waals surface area contributed by atoms with Crippen LogP contribution in [-0.4, -0.2) is 17.9 Å². The van der Waals surface area contributed by atoms with Gasteiger partial charge in [0.1, 0.15) is 5.75 Å². The first-order valence-corrected chi connectivity index (χ1v) is 11.4. The van der Waals surface area contributed by atoms with Gasteiger partial charge in [0.2, 0.25) is 0 Å². The molecule has 0 spiro atoms. The molecule has 2 aromatic carbocycles. The number of ether oxygens (including phenoxy) is 1. The summed E-state index contributed by atoms with van der Waals surface area (Å²) in [5.74, 6) is -0.251. The molecule has 0 fully saturated rings. The summed E-state index contributed by atoms with van der Waals surface area (Å²) in [4.78, 5) is 24.1. The molecule has 0 aliphatic carbocycles. The molecule has 0 saturated carbocycles. The molecular formula is C27H37N2O3. The summed E-state index contributed by atoms with van der Waals surface area (Å²) in [5, 5.41) is 2.86. The lowest BCUT2D eigenvalue weighted by Gasteiger charge is -2.31. The van der Waals surface area contributed by atoms with E-state index in [9.17, 15) is 9.59 Å². The maximum absolute atomic E-state index is 12.9. The molecule has 1 unspecified atom stereocenters. The number of carbonyl (C=O) groups is 2. The van der Waals surface area contributed by atoms with E-state index in [1.165, 1.54) is 17.7 Å². The minimum atomic E-state index is -0.751. The molecule has 0 saturated heterocycles. The summed E-state index contributed by atoms with van der Waals surface area (Å²) in [6.07, 6.45) is 1.85. The van der Waals surface area contributed by atoms with Crippen LogP contribution in [0.1, 0.15) is 89.2 Å². The van der Waals surface area contributed by atoms with Crippen molar-refractivity contribution >= 4 is 17.5 Å². The van der Waals surface area contributed by atoms with E-state index in [1.54, 1.807) is 12.1 Å². The van der Waals surface area contributed by atoms with Gasteiger partial charge in [0.25, 0.3) is 11.8 Å². The van der Waals surface area contributed by atoms with Crippen LogP contribution in [0, 0.1) is 0 Å². The lowest BCUT2D eigenvalue weighted by molar-refractivity contribution is -0.122. The van der Waals surface area contributed by atoms with Crippen LogP contribution in [0.5, 0.6) is 5.75 Å². The number of hydrogen-bond acceptors (Lipinski definition) is 3. The summed E-state index contributed by atoms with van der Waals surface area (Å²) in [6, 6.07) is 12.7. The Morgan fingerprint density at radius 1 is 0.938 bits per heavy atom. The Bertz CT molecular complexity index is 946. The summed E-state index contributed by atoms with van der Waals surface area (Å²) in [6.45, 7) is 15.2. The predicted molar refractivity (Wildman–Crippen MR) is 130 cm³/mol. The Hall–Kier alpha value is -2.82. The second kappa shape index (κ2) is 10.2. The highest BCUT2D eigenvalue weighted by atomic mass is 16.5. The first-order valence-electron chi connectivity index (χ1n) is 11.4. The second-order valence-corrected chi connectivity index (χ2v) is 9.60. The Labute approximate surface area is 192 Å². The molecule has 0 aliphatic heterocycles. The van der Waals surface area contributed by atoms with Crippen molar-refractivity contribution in [1.82, 2.24) is 5.73 Å². The number of anilines is 1. The third-order valence-electron chi connectivity index (χ3n) is 6.61. The van der Waals surface area contributed by atoms with E-state index >= 15 is 0 Å². The van der Waals surface area contributed by atoms with Crippen LogP contribution in [0.3, 0.4) is 0 Å². The van der Waals surface area contributed by atoms with Crippen molar-refractivity contribution in [3.63, 3.8) is 0 Å². The summed E-state index contributed by atoms with van der Waals surface area (Å²) in [5.41, 5.74) is 10.4. The molecule has 32 heavy (non-hydrogen) atoms. The van der Waals surface area contributed by atoms with Crippen molar-refractivity contribution < 1.29 is 14.3 Å². The number of benzene rings is 2. The quantitative estimate of drug-likeness (QED) is 0.475. The molecule has 2 N–H and O–H groups in total. The van der Waals surface area contributed by atoms with Gasteiger partial charge in [0.05, 0.1) is 0 Å². The molecule has 5 nitrogen and oxygen atoms in total. The predicted octanol–water partition coefficient (Wildman–Crippen LogP) is 6.28. The van der Waals surface area contributed by atoms with E-state index in [1.807, 2.05) is 13.0 Å². The zero-order valence-electron chi connectivity index (χ0n) is 20.5. The average molecular weight is 438 g/mol. The van der Waals surface area contributed by atoms with E-state index in [0.29, 0.717) is 12.1 Å². The maximum Gasteiger partial charge on any atom is 0.269 e. The van der Waals surface area contributed by atoms with Gasteiger partial charge in [0.15, 0.2) is 6.10 Å². The van der Waals surface area contributed by atoms with Gasteiger partial charge in [-0.1, -0.05) is 60.6 Å². The first-order chi connectivity index (χ1) is 14.9. The smallest absolute Gasteiger partial charge is 0.269 e. The fraction of sp³-hybridized carbons (Fsp3) is 0.481. The standard InChI is InChI=1S/C27H37N2O3/c1-8-22(25(31)29-20-14-11-18(12-15-20)24(28)30)32-23-16-13-19(26(4,5)9-2)17-21(23)27(6,7)10-3/h11-17,22,28H,8-10H2,1-7H3,(H,29,31). The molecule has 0 bridgehead atoms. The van der Waals surface area contributed by atoms with E-state index in [0.717, 1.165) is 24.2 Å². The minimum Gasteiger partial charge on any atom is -0.480 e. The average Bonchev–Trinajstić information content (AvgIpc) is 2.77. The molecule has 2 amide bonds. The number of rotatable bonds is 10. The highest BCUT2D eigenvalue weighted by molar-refractivity contribution is 5.96. The van der Waals surface area contributed by atoms with E-state index in [-0.39, 0.29) is 22.3 Å². The molecule has 1 atom stereocenters. The lowest BCUT2D eigenvalue weighted by Crippen LogP contribution is -2.33. The summed E-state index contributed by atoms with van der Waals surface area (Å²) in [7, 11) is 0. The number of nitrogens with one attached hydrogen (secondary N) is 2. The van der Waals surface area contributed by atoms with Crippen LogP contribution in [0.4, 0.5) is 5.69 Å². The minimum absolute atomic E-state index is 0.0607. The number of amides is 2. The van der Waals surface area contributed by atoms with Gasteiger partial charge in [-0.25, -0.2) is 0 Å². The topological polar surface area (TPSA) is 79.2 Å². The Kier molecular flexibility index (Phi) is 8.11. The molecule has 0 aromatic heterocycles. The van der Waals surface area contributed by atoms with Crippen molar-refractivity contribution in [2.75, 3.05) is 5.32 Å². The number of hydrogen-bond donors (Lipinski definition) is 1. The van der Waals surface area contributed by atoms with Crippen molar-refractivity contribution in [2.45, 2.75) is 84.7 Å². The Morgan fingerprint density at radius 2 is 1.53 bits per heavy atom. The van der Waals surface area contributed by atoms with Gasteiger partial charge in [-0.2, -0.15) is 0 Å². The maximum atomic E-state index is 12.9. The van der Waals surface area contributed by atoms with Gasteiger partial charge in [0, 0.05) is 16.8 Å². The molecule has 5 heteroatoms. The van der Waals surface area contributed by atoms with Crippen LogP contribution in [0.15, 0.2) is 42.5 Å². The van der Waals surface area contributed by atoms with Gasteiger partial charge in [-0.05, 0) is 66.0 Å². The third kappa shape index (κ3) is 5.90. The van der Waals surface area contributed by atoms with Crippen LogP contribution in [0.25, 0.3) is 0 Å². The van der Waals surface area contributed by atoms with Crippen LogP contribution < -0.4 is 15.8 Å². The van der Waals surface area contributed by atoms with Crippen LogP contribution in [-0.2, 0) is 15.6 Å². The van der Waals surface area contributed by atoms with Crippen molar-refractivity contribution in [1.29, 1.82) is 0 Å². The monoisotopic (exact) mass is 437 g/mol. The van der Waals surface area contributed by atoms with Crippen LogP contribution >= 0.6 is 0 Å². The second-order valence-electron chi connectivity index (χ2n) is 9.60. The summed E-state index contributed by atoms with van der Waals surface area (Å²) >= 11 is 0. The van der Waals surface area contributed by atoms with E-state index in [2.05, 4.69) is 59.0 Å². The molecule has 1 radical (unpaired) electrons. The summed E-state index contributed by atoms with van der Waals surface area (Å²) < 4.78 is 6.28. The van der Waals surface area contributed by atoms with Crippen molar-refractivity contribution in [2.24, 2.45) is 0 Å². The fourth-order valence-corrected chi connectivity index (χ4v) is 3.38. The fourth-order valence-electron chi connectivity index (χ4n) is 3.38. The molecule has 2 rings (SSSR count). The van der Waals surface area contributed by atoms with E-state index < -0.39 is 12.0 Å². The molecule has 2 aromatic rings. The zero-order chi connectivity index (χ0) is 24.1. The molecule has 173 valence electrons. The van der Waals surface area contributed by atoms with Gasteiger partial charge >= 0.3 is 0 Å². The van der Waals surface area contributed by atoms with Crippen molar-refractivity contribution in [3.8, 4) is 5.75 Å². The van der Waals surface area contributed by atoms with Gasteiger partial charge < -0.3 is 10.1 Å².